The van der Waals surface area contributed by atoms with E-state index in [9.17, 15) is 5.26 Å². The first-order chi connectivity index (χ1) is 16.1. The van der Waals surface area contributed by atoms with Crippen LogP contribution < -0.4 is 5.32 Å². The number of rotatable bonds is 5. The fourth-order valence-corrected chi connectivity index (χ4v) is 4.62. The summed E-state index contributed by atoms with van der Waals surface area (Å²) in [5, 5.41) is 14.6. The summed E-state index contributed by atoms with van der Waals surface area (Å²) in [4.78, 5) is 4.83. The van der Waals surface area contributed by atoms with Gasteiger partial charge < -0.3 is 5.32 Å². The van der Waals surface area contributed by atoms with E-state index in [4.69, 9.17) is 16.6 Å². The van der Waals surface area contributed by atoms with Gasteiger partial charge in [-0.1, -0.05) is 72.3 Å². The van der Waals surface area contributed by atoms with Crippen LogP contribution in [0.1, 0.15) is 40.8 Å². The molecular weight excluding hydrogens is 428 g/mol. The molecule has 0 spiro atoms. The van der Waals surface area contributed by atoms with Crippen molar-refractivity contribution < 1.29 is 0 Å². The molecule has 4 nitrogen and oxygen atoms in total. The van der Waals surface area contributed by atoms with Crippen LogP contribution in [0.25, 0.3) is 16.7 Å². The van der Waals surface area contributed by atoms with Gasteiger partial charge in [-0.15, -0.1) is 0 Å². The first-order valence-corrected chi connectivity index (χ1v) is 11.3. The standard InChI is InChI=1S/C28H23ClN4/c1-18-22(16-21-12-6-7-13-24(21)29)27(31-19(2)20-10-4-3-5-11-20)33-26-15-9-8-14-25(26)32-28(33)23(18)17-30/h3-15,19,31H,16H2,1-2H3/t19-/m0/s1. The van der Waals surface area contributed by atoms with Crippen molar-refractivity contribution >= 4 is 34.1 Å². The van der Waals surface area contributed by atoms with Crippen molar-refractivity contribution in [2.45, 2.75) is 26.3 Å². The fourth-order valence-electron chi connectivity index (χ4n) is 4.42. The van der Waals surface area contributed by atoms with Gasteiger partial charge in [0.15, 0.2) is 5.65 Å². The van der Waals surface area contributed by atoms with Gasteiger partial charge in [0.25, 0.3) is 0 Å². The van der Waals surface area contributed by atoms with E-state index in [-0.39, 0.29) is 6.04 Å². The number of aromatic nitrogens is 2. The van der Waals surface area contributed by atoms with E-state index in [1.54, 1.807) is 0 Å². The SMILES string of the molecule is Cc1c(Cc2ccccc2Cl)c(N[C@@H](C)c2ccccc2)n2c(nc3ccccc32)c1C#N. The van der Waals surface area contributed by atoms with Crippen LogP contribution in [0.4, 0.5) is 5.82 Å². The molecule has 33 heavy (non-hydrogen) atoms. The Hall–Kier alpha value is -3.81. The lowest BCUT2D eigenvalue weighted by atomic mass is 9.97. The molecule has 0 aliphatic rings. The summed E-state index contributed by atoms with van der Waals surface area (Å²) in [5.41, 5.74) is 7.24. The molecule has 0 saturated heterocycles. The second-order valence-electron chi connectivity index (χ2n) is 8.24. The smallest absolute Gasteiger partial charge is 0.157 e. The summed E-state index contributed by atoms with van der Waals surface area (Å²) in [6.45, 7) is 4.15. The molecule has 2 heterocycles. The number of pyridine rings is 1. The summed E-state index contributed by atoms with van der Waals surface area (Å²) in [7, 11) is 0. The number of nitrogens with one attached hydrogen (secondary N) is 1. The van der Waals surface area contributed by atoms with Crippen molar-refractivity contribution in [1.29, 1.82) is 5.26 Å². The van der Waals surface area contributed by atoms with Crippen molar-refractivity contribution in [1.82, 2.24) is 9.38 Å². The Bertz CT molecular complexity index is 1510. The minimum atomic E-state index is 0.0490. The lowest BCUT2D eigenvalue weighted by Crippen LogP contribution is -2.15. The molecule has 0 aliphatic carbocycles. The number of hydrogen-bond acceptors (Lipinski definition) is 3. The Morgan fingerprint density at radius 1 is 1.00 bits per heavy atom. The zero-order valence-electron chi connectivity index (χ0n) is 18.5. The van der Waals surface area contributed by atoms with E-state index in [1.807, 2.05) is 73.7 Å². The van der Waals surface area contributed by atoms with Gasteiger partial charge in [-0.05, 0) is 48.7 Å². The molecular formula is C28H23ClN4. The number of benzene rings is 3. The molecule has 0 radical (unpaired) electrons. The molecule has 5 rings (SSSR count). The van der Waals surface area contributed by atoms with Crippen LogP contribution in [-0.2, 0) is 6.42 Å². The molecule has 1 atom stereocenters. The second-order valence-corrected chi connectivity index (χ2v) is 8.65. The molecule has 0 fully saturated rings. The van der Waals surface area contributed by atoms with Gasteiger partial charge in [0.1, 0.15) is 11.9 Å². The Labute approximate surface area is 198 Å². The Morgan fingerprint density at radius 2 is 1.70 bits per heavy atom. The topological polar surface area (TPSA) is 53.1 Å². The quantitative estimate of drug-likeness (QED) is 0.311. The summed E-state index contributed by atoms with van der Waals surface area (Å²) in [5.74, 6) is 0.937. The minimum absolute atomic E-state index is 0.0490. The third-order valence-electron chi connectivity index (χ3n) is 6.21. The molecule has 0 amide bonds. The first-order valence-electron chi connectivity index (χ1n) is 11.0. The van der Waals surface area contributed by atoms with Gasteiger partial charge in [0.2, 0.25) is 0 Å². The number of para-hydroxylation sites is 2. The molecule has 0 unspecified atom stereocenters. The maximum Gasteiger partial charge on any atom is 0.157 e. The summed E-state index contributed by atoms with van der Waals surface area (Å²) < 4.78 is 2.09. The van der Waals surface area contributed by atoms with Gasteiger partial charge in [-0.2, -0.15) is 5.26 Å². The van der Waals surface area contributed by atoms with Crippen LogP contribution in [0, 0.1) is 18.3 Å². The van der Waals surface area contributed by atoms with Gasteiger partial charge in [0.05, 0.1) is 16.6 Å². The maximum atomic E-state index is 10.1. The lowest BCUT2D eigenvalue weighted by molar-refractivity contribution is 0.862. The summed E-state index contributed by atoms with van der Waals surface area (Å²) in [6.07, 6.45) is 0.604. The van der Waals surface area contributed by atoms with Crippen LogP contribution in [0.15, 0.2) is 78.9 Å². The second kappa shape index (κ2) is 8.61. The summed E-state index contributed by atoms with van der Waals surface area (Å²) >= 11 is 6.54. The van der Waals surface area contributed by atoms with E-state index < -0.39 is 0 Å². The zero-order valence-corrected chi connectivity index (χ0v) is 19.3. The fraction of sp³-hybridized carbons (Fsp3) is 0.143. The molecule has 3 aromatic carbocycles. The van der Waals surface area contributed by atoms with E-state index in [1.165, 1.54) is 5.56 Å². The Kier molecular flexibility index (Phi) is 5.50. The number of hydrogen-bond donors (Lipinski definition) is 1. The van der Waals surface area contributed by atoms with Crippen LogP contribution in [-0.4, -0.2) is 9.38 Å². The monoisotopic (exact) mass is 450 g/mol. The largest absolute Gasteiger partial charge is 0.364 e. The molecule has 1 N–H and O–H groups in total. The molecule has 5 heteroatoms. The predicted octanol–water partition coefficient (Wildman–Crippen LogP) is 7.08. The highest BCUT2D eigenvalue weighted by Gasteiger charge is 2.22. The van der Waals surface area contributed by atoms with E-state index >= 15 is 0 Å². The summed E-state index contributed by atoms with van der Waals surface area (Å²) in [6, 6.07) is 28.7. The van der Waals surface area contributed by atoms with Gasteiger partial charge in [-0.25, -0.2) is 4.98 Å². The number of nitrogens with zero attached hydrogens (tertiary/aromatic N) is 3. The molecule has 2 aromatic heterocycles. The number of nitriles is 1. The van der Waals surface area contributed by atoms with Gasteiger partial charge in [0, 0.05) is 23.0 Å². The Balaban J connectivity index is 1.80. The highest BCUT2D eigenvalue weighted by molar-refractivity contribution is 6.31. The average molecular weight is 451 g/mol. The van der Waals surface area contributed by atoms with Crippen LogP contribution in [0.3, 0.4) is 0 Å². The van der Waals surface area contributed by atoms with Crippen molar-refractivity contribution in [2.24, 2.45) is 0 Å². The van der Waals surface area contributed by atoms with Crippen molar-refractivity contribution in [3.8, 4) is 6.07 Å². The number of imidazole rings is 1. The number of anilines is 1. The number of halogens is 1. The van der Waals surface area contributed by atoms with Crippen molar-refractivity contribution in [3.05, 3.63) is 112 Å². The van der Waals surface area contributed by atoms with Crippen LogP contribution >= 0.6 is 11.6 Å². The van der Waals surface area contributed by atoms with E-state index in [2.05, 4.69) is 34.8 Å². The first kappa shape index (κ1) is 21.1. The third-order valence-corrected chi connectivity index (χ3v) is 6.58. The average Bonchev–Trinajstić information content (AvgIpc) is 3.22. The minimum Gasteiger partial charge on any atom is -0.364 e. The highest BCUT2D eigenvalue weighted by atomic mass is 35.5. The molecule has 0 saturated carbocycles. The zero-order chi connectivity index (χ0) is 22.9. The van der Waals surface area contributed by atoms with Crippen molar-refractivity contribution in [2.75, 3.05) is 5.32 Å². The van der Waals surface area contributed by atoms with E-state index in [0.717, 1.165) is 33.5 Å². The maximum absolute atomic E-state index is 10.1. The van der Waals surface area contributed by atoms with Crippen molar-refractivity contribution in [3.63, 3.8) is 0 Å². The van der Waals surface area contributed by atoms with Gasteiger partial charge in [-0.3, -0.25) is 4.40 Å². The molecule has 162 valence electrons. The number of fused-ring (bicyclic) bond motifs is 3. The lowest BCUT2D eigenvalue weighted by Gasteiger charge is -2.23. The molecule has 0 bridgehead atoms. The Morgan fingerprint density at radius 3 is 2.45 bits per heavy atom. The van der Waals surface area contributed by atoms with E-state index in [0.29, 0.717) is 22.7 Å². The predicted molar refractivity (Wildman–Crippen MR) is 135 cm³/mol. The normalized spacial score (nSPS) is 12.1. The van der Waals surface area contributed by atoms with Crippen LogP contribution in [0.5, 0.6) is 0 Å². The van der Waals surface area contributed by atoms with Crippen LogP contribution in [0.2, 0.25) is 5.02 Å². The molecule has 5 aromatic rings. The molecule has 0 aliphatic heterocycles. The van der Waals surface area contributed by atoms with Gasteiger partial charge >= 0.3 is 0 Å². The highest BCUT2D eigenvalue weighted by Crippen LogP contribution is 2.35. The third kappa shape index (κ3) is 3.71.